The molecule has 1 amide bonds. The lowest BCUT2D eigenvalue weighted by atomic mass is 10.2. The summed E-state index contributed by atoms with van der Waals surface area (Å²) in [6, 6.07) is 5.96. The number of thiophene rings is 1. The van der Waals surface area contributed by atoms with Crippen molar-refractivity contribution in [3.8, 4) is 5.75 Å². The second kappa shape index (κ2) is 7.54. The summed E-state index contributed by atoms with van der Waals surface area (Å²) in [6.45, 7) is 0.471. The molecule has 1 aromatic carbocycles. The van der Waals surface area contributed by atoms with Crippen molar-refractivity contribution in [3.63, 3.8) is 0 Å². The molecule has 0 bridgehead atoms. The summed E-state index contributed by atoms with van der Waals surface area (Å²) in [5.41, 5.74) is 0.749. The molecule has 0 atom stereocenters. The van der Waals surface area contributed by atoms with Crippen LogP contribution in [-0.2, 0) is 6.54 Å². The minimum absolute atomic E-state index is 0.106. The van der Waals surface area contributed by atoms with Gasteiger partial charge in [0.1, 0.15) is 11.4 Å². The largest absolute Gasteiger partial charge is 0.496 e. The minimum Gasteiger partial charge on any atom is -0.496 e. The number of anilines is 1. The zero-order valence-corrected chi connectivity index (χ0v) is 15.1. The first-order valence-corrected chi connectivity index (χ1v) is 8.61. The van der Waals surface area contributed by atoms with Crippen LogP contribution in [0.5, 0.6) is 5.75 Å². The fraction of sp³-hybridized carbons (Fsp3) is 0.125. The highest BCUT2D eigenvalue weighted by molar-refractivity contribution is 7.12. The van der Waals surface area contributed by atoms with Crippen molar-refractivity contribution < 1.29 is 14.5 Å². The van der Waals surface area contributed by atoms with Crippen molar-refractivity contribution >= 4 is 40.2 Å². The molecule has 0 aliphatic rings. The number of nitrogens with zero attached hydrogens (tertiary/aromatic N) is 3. The Labute approximate surface area is 157 Å². The second-order valence-corrected chi connectivity index (χ2v) is 6.62. The molecule has 0 aliphatic carbocycles. The molecule has 10 heteroatoms. The van der Waals surface area contributed by atoms with Crippen LogP contribution < -0.4 is 10.1 Å². The first-order valence-electron chi connectivity index (χ1n) is 7.35. The molecule has 0 saturated carbocycles. The number of amides is 1. The van der Waals surface area contributed by atoms with E-state index >= 15 is 0 Å². The number of rotatable bonds is 6. The van der Waals surface area contributed by atoms with Crippen molar-refractivity contribution in [2.75, 3.05) is 12.4 Å². The van der Waals surface area contributed by atoms with Gasteiger partial charge in [-0.1, -0.05) is 11.6 Å². The Morgan fingerprint density at radius 1 is 1.46 bits per heavy atom. The third-order valence-electron chi connectivity index (χ3n) is 3.47. The van der Waals surface area contributed by atoms with Crippen LogP contribution in [0.4, 0.5) is 11.4 Å². The van der Waals surface area contributed by atoms with Crippen molar-refractivity contribution in [3.05, 3.63) is 67.6 Å². The Morgan fingerprint density at radius 2 is 2.27 bits per heavy atom. The Bertz CT molecular complexity index is 969. The summed E-state index contributed by atoms with van der Waals surface area (Å²) in [6.07, 6.45) is 3.21. The second-order valence-electron chi connectivity index (χ2n) is 5.27. The number of nitro benzene ring substituents is 1. The lowest BCUT2D eigenvalue weighted by molar-refractivity contribution is -0.384. The van der Waals surface area contributed by atoms with Crippen LogP contribution in [0.3, 0.4) is 0 Å². The van der Waals surface area contributed by atoms with Crippen molar-refractivity contribution in [2.24, 2.45) is 0 Å². The topological polar surface area (TPSA) is 99.3 Å². The number of benzene rings is 1. The third kappa shape index (κ3) is 4.01. The molecule has 0 unspecified atom stereocenters. The fourth-order valence-electron chi connectivity index (χ4n) is 2.27. The molecule has 0 aliphatic heterocycles. The Balaban J connectivity index is 1.75. The number of hydrogen-bond donors (Lipinski definition) is 1. The van der Waals surface area contributed by atoms with Gasteiger partial charge in [-0.25, -0.2) is 0 Å². The number of halogens is 1. The van der Waals surface area contributed by atoms with E-state index in [1.54, 1.807) is 23.0 Å². The Kier molecular flexibility index (Phi) is 5.19. The van der Waals surface area contributed by atoms with Gasteiger partial charge in [-0.3, -0.25) is 19.6 Å². The lowest BCUT2D eigenvalue weighted by Crippen LogP contribution is -2.11. The van der Waals surface area contributed by atoms with Crippen LogP contribution in [0.1, 0.15) is 15.2 Å². The standard InChI is InChI=1S/C16H13ClN4O4S/c1-25-12-2-3-13(14(5-12)21(23)24)19-16(22)15-4-10(9-26-15)7-20-8-11(17)6-18-20/h2-6,8-9H,7H2,1H3,(H,19,22). The molecule has 0 radical (unpaired) electrons. The molecule has 3 aromatic rings. The van der Waals surface area contributed by atoms with Gasteiger partial charge in [0.15, 0.2) is 0 Å². The quantitative estimate of drug-likeness (QED) is 0.507. The number of carbonyl (C=O) groups excluding carboxylic acids is 1. The van der Waals surface area contributed by atoms with E-state index in [9.17, 15) is 14.9 Å². The molecule has 2 heterocycles. The van der Waals surface area contributed by atoms with Gasteiger partial charge in [0.25, 0.3) is 11.6 Å². The monoisotopic (exact) mass is 392 g/mol. The molecule has 2 aromatic heterocycles. The van der Waals surface area contributed by atoms with E-state index in [0.717, 1.165) is 5.56 Å². The highest BCUT2D eigenvalue weighted by atomic mass is 35.5. The number of nitro groups is 1. The smallest absolute Gasteiger partial charge is 0.296 e. The van der Waals surface area contributed by atoms with E-state index in [0.29, 0.717) is 22.2 Å². The fourth-order valence-corrected chi connectivity index (χ4v) is 3.22. The molecule has 3 rings (SSSR count). The molecule has 8 nitrogen and oxygen atoms in total. The van der Waals surface area contributed by atoms with Gasteiger partial charge in [-0.15, -0.1) is 11.3 Å². The molecule has 0 spiro atoms. The average Bonchev–Trinajstić information content (AvgIpc) is 3.24. The average molecular weight is 393 g/mol. The summed E-state index contributed by atoms with van der Waals surface area (Å²) in [7, 11) is 1.41. The van der Waals surface area contributed by atoms with Gasteiger partial charge in [0.2, 0.25) is 0 Å². The predicted octanol–water partition coefficient (Wildman–Crippen LogP) is 3.82. The van der Waals surface area contributed by atoms with Crippen molar-refractivity contribution in [1.82, 2.24) is 9.78 Å². The van der Waals surface area contributed by atoms with E-state index in [4.69, 9.17) is 16.3 Å². The molecule has 0 fully saturated rings. The SMILES string of the molecule is COc1ccc(NC(=O)c2cc(Cn3cc(Cl)cn3)cs2)c([N+](=O)[O-])c1. The van der Waals surface area contributed by atoms with E-state index in [1.165, 1.54) is 36.8 Å². The third-order valence-corrected chi connectivity index (χ3v) is 4.65. The van der Waals surface area contributed by atoms with E-state index in [2.05, 4.69) is 10.4 Å². The molecule has 26 heavy (non-hydrogen) atoms. The summed E-state index contributed by atoms with van der Waals surface area (Å²) >= 11 is 7.07. The van der Waals surface area contributed by atoms with Crippen molar-refractivity contribution in [1.29, 1.82) is 0 Å². The summed E-state index contributed by atoms with van der Waals surface area (Å²) in [5, 5.41) is 20.2. The molecular weight excluding hydrogens is 380 g/mol. The molecule has 0 saturated heterocycles. The first-order chi connectivity index (χ1) is 12.5. The van der Waals surface area contributed by atoms with Crippen molar-refractivity contribution in [2.45, 2.75) is 6.54 Å². The number of hydrogen-bond acceptors (Lipinski definition) is 6. The van der Waals surface area contributed by atoms with E-state index < -0.39 is 10.8 Å². The van der Waals surface area contributed by atoms with Gasteiger partial charge in [-0.05, 0) is 29.1 Å². The highest BCUT2D eigenvalue weighted by Crippen LogP contribution is 2.29. The van der Waals surface area contributed by atoms with Crippen LogP contribution >= 0.6 is 22.9 Å². The number of methoxy groups -OCH3 is 1. The number of nitrogens with one attached hydrogen (secondary N) is 1. The molecule has 134 valence electrons. The first kappa shape index (κ1) is 17.9. The van der Waals surface area contributed by atoms with Crippen LogP contribution in [0.2, 0.25) is 5.02 Å². The molecular formula is C16H13ClN4O4S. The maximum absolute atomic E-state index is 12.4. The van der Waals surface area contributed by atoms with Crippen LogP contribution in [0.15, 0.2) is 42.0 Å². The maximum Gasteiger partial charge on any atom is 0.296 e. The lowest BCUT2D eigenvalue weighted by Gasteiger charge is -2.06. The Morgan fingerprint density at radius 3 is 2.92 bits per heavy atom. The Hall–Kier alpha value is -2.91. The van der Waals surface area contributed by atoms with Gasteiger partial charge in [0.05, 0.1) is 40.7 Å². The van der Waals surface area contributed by atoms with Gasteiger partial charge in [0, 0.05) is 6.20 Å². The number of carbonyl (C=O) groups is 1. The molecule has 1 N–H and O–H groups in total. The minimum atomic E-state index is -0.570. The van der Waals surface area contributed by atoms with Crippen LogP contribution in [0.25, 0.3) is 0 Å². The van der Waals surface area contributed by atoms with Gasteiger partial charge in [-0.2, -0.15) is 5.10 Å². The zero-order chi connectivity index (χ0) is 18.7. The highest BCUT2D eigenvalue weighted by Gasteiger charge is 2.19. The normalized spacial score (nSPS) is 10.5. The summed E-state index contributed by atoms with van der Waals surface area (Å²) < 4.78 is 6.63. The van der Waals surface area contributed by atoms with E-state index in [1.807, 2.05) is 5.38 Å². The summed E-state index contributed by atoms with van der Waals surface area (Å²) in [5.74, 6) is -0.0843. The number of ether oxygens (including phenoxy) is 1. The van der Waals surface area contributed by atoms with Crippen LogP contribution in [-0.4, -0.2) is 27.7 Å². The van der Waals surface area contributed by atoms with E-state index in [-0.39, 0.29) is 11.4 Å². The number of aromatic nitrogens is 2. The van der Waals surface area contributed by atoms with Gasteiger partial charge >= 0.3 is 0 Å². The van der Waals surface area contributed by atoms with Crippen LogP contribution in [0, 0.1) is 10.1 Å². The maximum atomic E-state index is 12.4. The summed E-state index contributed by atoms with van der Waals surface area (Å²) in [4.78, 5) is 23.5. The van der Waals surface area contributed by atoms with Gasteiger partial charge < -0.3 is 10.1 Å². The predicted molar refractivity (Wildman–Crippen MR) is 98.3 cm³/mol. The zero-order valence-electron chi connectivity index (χ0n) is 13.5.